The molecule has 0 aromatic carbocycles. The number of hydrogen-bond acceptors (Lipinski definition) is 4. The number of unbranched alkanes of at least 4 members (excludes halogenated alkanes) is 2. The molecule has 0 rings (SSSR count). The van der Waals surface area contributed by atoms with Gasteiger partial charge in [0.25, 0.3) is 0 Å². The molecule has 5 heteroatoms. The maximum atomic E-state index is 10.4. The van der Waals surface area contributed by atoms with Crippen molar-refractivity contribution < 1.29 is 25.2 Å². The Morgan fingerprint density at radius 1 is 0.840 bits per heavy atom. The summed E-state index contributed by atoms with van der Waals surface area (Å²) in [7, 11) is 0. The van der Waals surface area contributed by atoms with E-state index in [1.807, 2.05) is 6.08 Å². The molecule has 3 unspecified atom stereocenters. The lowest BCUT2D eigenvalue weighted by Gasteiger charge is -2.13. The van der Waals surface area contributed by atoms with E-state index in [9.17, 15) is 20.1 Å². The summed E-state index contributed by atoms with van der Waals surface area (Å²) in [5.41, 5.74) is 0. The summed E-state index contributed by atoms with van der Waals surface area (Å²) in [6.45, 7) is 2.13. The van der Waals surface area contributed by atoms with Crippen LogP contribution in [0, 0.1) is 0 Å². The topological polar surface area (TPSA) is 98.0 Å². The van der Waals surface area contributed by atoms with E-state index in [4.69, 9.17) is 5.11 Å². The fourth-order valence-electron chi connectivity index (χ4n) is 2.09. The second kappa shape index (κ2) is 15.8. The monoisotopic (exact) mass is 352 g/mol. The molecular weight excluding hydrogens is 320 g/mol. The summed E-state index contributed by atoms with van der Waals surface area (Å²) >= 11 is 0. The molecule has 0 aliphatic rings. The van der Waals surface area contributed by atoms with Crippen LogP contribution >= 0.6 is 0 Å². The van der Waals surface area contributed by atoms with Crippen molar-refractivity contribution in [2.45, 2.75) is 70.2 Å². The highest BCUT2D eigenvalue weighted by atomic mass is 16.4. The normalized spacial score (nSPS) is 16.3. The molecule has 142 valence electrons. The van der Waals surface area contributed by atoms with Crippen LogP contribution in [0.3, 0.4) is 0 Å². The zero-order valence-electron chi connectivity index (χ0n) is 15.0. The van der Waals surface area contributed by atoms with E-state index in [2.05, 4.69) is 6.92 Å². The van der Waals surface area contributed by atoms with Gasteiger partial charge in [-0.25, -0.2) is 0 Å². The van der Waals surface area contributed by atoms with Crippen LogP contribution in [-0.2, 0) is 4.79 Å². The zero-order chi connectivity index (χ0) is 18.9. The molecule has 25 heavy (non-hydrogen) atoms. The smallest absolute Gasteiger partial charge is 0.303 e. The van der Waals surface area contributed by atoms with Crippen molar-refractivity contribution in [1.82, 2.24) is 0 Å². The molecule has 0 saturated carbocycles. The van der Waals surface area contributed by atoms with Crippen molar-refractivity contribution in [3.63, 3.8) is 0 Å². The molecule has 5 nitrogen and oxygen atoms in total. The molecule has 0 aromatic heterocycles. The second-order valence-electron chi connectivity index (χ2n) is 5.95. The highest BCUT2D eigenvalue weighted by molar-refractivity contribution is 5.66. The highest BCUT2D eigenvalue weighted by Gasteiger charge is 2.12. The van der Waals surface area contributed by atoms with E-state index in [1.165, 1.54) is 6.08 Å². The first-order chi connectivity index (χ1) is 12.0. The summed E-state index contributed by atoms with van der Waals surface area (Å²) in [6, 6.07) is 0. The summed E-state index contributed by atoms with van der Waals surface area (Å²) in [5.74, 6) is -0.908. The number of carboxylic acid groups (broad SMARTS) is 1. The molecule has 0 heterocycles. The number of aliphatic carboxylic acids is 1. The van der Waals surface area contributed by atoms with Crippen molar-refractivity contribution in [1.29, 1.82) is 0 Å². The van der Waals surface area contributed by atoms with E-state index in [1.54, 1.807) is 36.5 Å². The Bertz CT molecular complexity index is 451. The van der Waals surface area contributed by atoms with Crippen molar-refractivity contribution in [3.8, 4) is 0 Å². The summed E-state index contributed by atoms with van der Waals surface area (Å²) in [6.07, 6.45) is 16.0. The van der Waals surface area contributed by atoms with Gasteiger partial charge in [0.1, 0.15) is 0 Å². The molecule has 0 fully saturated rings. The molecular formula is C20H32O5. The fraction of sp³-hybridized carbons (Fsp3) is 0.550. The molecule has 0 bridgehead atoms. The molecule has 0 aromatic rings. The van der Waals surface area contributed by atoms with Gasteiger partial charge in [-0.3, -0.25) is 4.79 Å². The van der Waals surface area contributed by atoms with Gasteiger partial charge in [0, 0.05) is 6.42 Å². The first-order valence-corrected chi connectivity index (χ1v) is 8.91. The predicted octanol–water partition coefficient (Wildman–Crippen LogP) is 3.13. The average molecular weight is 352 g/mol. The number of carbonyl (C=O) groups is 1. The van der Waals surface area contributed by atoms with Crippen molar-refractivity contribution >= 4 is 5.97 Å². The minimum atomic E-state index is -1.01. The third kappa shape index (κ3) is 15.6. The van der Waals surface area contributed by atoms with Crippen LogP contribution in [0.25, 0.3) is 0 Å². The van der Waals surface area contributed by atoms with Gasteiger partial charge in [0.15, 0.2) is 0 Å². The van der Waals surface area contributed by atoms with Gasteiger partial charge in [0.05, 0.1) is 18.3 Å². The maximum absolute atomic E-state index is 10.4. The Labute approximate surface area is 150 Å². The number of allylic oxidation sites excluding steroid dienone is 6. The number of hydrogen-bond donors (Lipinski definition) is 4. The second-order valence-corrected chi connectivity index (χ2v) is 5.95. The van der Waals surface area contributed by atoms with Crippen LogP contribution < -0.4 is 0 Å². The lowest BCUT2D eigenvalue weighted by atomic mass is 10.1. The molecule has 0 spiro atoms. The predicted molar refractivity (Wildman–Crippen MR) is 100 cm³/mol. The zero-order valence-corrected chi connectivity index (χ0v) is 15.0. The Morgan fingerprint density at radius 3 is 2.04 bits per heavy atom. The van der Waals surface area contributed by atoms with Gasteiger partial charge < -0.3 is 20.4 Å². The lowest BCUT2D eigenvalue weighted by molar-refractivity contribution is -0.137. The first-order valence-electron chi connectivity index (χ1n) is 8.91. The van der Waals surface area contributed by atoms with E-state index in [-0.39, 0.29) is 12.8 Å². The van der Waals surface area contributed by atoms with E-state index >= 15 is 0 Å². The Kier molecular flexibility index (Phi) is 14.7. The first kappa shape index (κ1) is 23.3. The van der Waals surface area contributed by atoms with E-state index in [0.717, 1.165) is 25.7 Å². The quantitative estimate of drug-likeness (QED) is 0.284. The Hall–Kier alpha value is -1.69. The van der Waals surface area contributed by atoms with Crippen LogP contribution in [0.2, 0.25) is 0 Å². The Morgan fingerprint density at radius 2 is 1.44 bits per heavy atom. The maximum Gasteiger partial charge on any atom is 0.303 e. The van der Waals surface area contributed by atoms with Crippen LogP contribution in [-0.4, -0.2) is 44.7 Å². The van der Waals surface area contributed by atoms with Crippen LogP contribution in [0.5, 0.6) is 0 Å². The molecule has 4 N–H and O–H groups in total. The van der Waals surface area contributed by atoms with Gasteiger partial charge in [-0.2, -0.15) is 0 Å². The number of carboxylic acids is 1. The Balaban J connectivity index is 3.97. The average Bonchev–Trinajstić information content (AvgIpc) is 2.56. The van der Waals surface area contributed by atoms with Gasteiger partial charge in [-0.05, 0) is 19.3 Å². The SMILES string of the molecule is CCCCCC(O)/C=C/C=C\C=C\C=C\C(O)C(O)CCCC(=O)O. The molecule has 0 aliphatic heterocycles. The molecule has 0 amide bonds. The molecule has 0 aliphatic carbocycles. The number of rotatable bonds is 14. The van der Waals surface area contributed by atoms with Crippen molar-refractivity contribution in [3.05, 3.63) is 48.6 Å². The third-order valence-electron chi connectivity index (χ3n) is 3.59. The minimum Gasteiger partial charge on any atom is -0.481 e. The summed E-state index contributed by atoms with van der Waals surface area (Å²) in [5, 5.41) is 37.6. The van der Waals surface area contributed by atoms with E-state index < -0.39 is 24.3 Å². The van der Waals surface area contributed by atoms with Gasteiger partial charge in [0.2, 0.25) is 0 Å². The van der Waals surface area contributed by atoms with Gasteiger partial charge >= 0.3 is 5.97 Å². The third-order valence-corrected chi connectivity index (χ3v) is 3.59. The highest BCUT2D eigenvalue weighted by Crippen LogP contribution is 2.06. The molecule has 0 saturated heterocycles. The van der Waals surface area contributed by atoms with Crippen LogP contribution in [0.1, 0.15) is 51.9 Å². The summed E-state index contributed by atoms with van der Waals surface area (Å²) in [4.78, 5) is 10.4. The molecule has 3 atom stereocenters. The van der Waals surface area contributed by atoms with Crippen LogP contribution in [0.4, 0.5) is 0 Å². The largest absolute Gasteiger partial charge is 0.481 e. The van der Waals surface area contributed by atoms with Crippen LogP contribution in [0.15, 0.2) is 48.6 Å². The number of aliphatic hydroxyl groups is 3. The van der Waals surface area contributed by atoms with Gasteiger partial charge in [-0.15, -0.1) is 0 Å². The fourth-order valence-corrected chi connectivity index (χ4v) is 2.09. The standard InChI is InChI=1S/C20H32O5/c1-2-3-8-12-17(21)13-9-6-4-5-7-10-14-18(22)19(23)15-11-16-20(24)25/h4-7,9-10,13-14,17-19,21-23H,2-3,8,11-12,15-16H2,1H3,(H,24,25)/b6-4-,7-5+,13-9+,14-10+. The summed E-state index contributed by atoms with van der Waals surface area (Å²) < 4.78 is 0. The minimum absolute atomic E-state index is 0.0149. The van der Waals surface area contributed by atoms with Gasteiger partial charge in [-0.1, -0.05) is 74.8 Å². The number of aliphatic hydroxyl groups excluding tert-OH is 3. The van der Waals surface area contributed by atoms with Crippen molar-refractivity contribution in [2.24, 2.45) is 0 Å². The van der Waals surface area contributed by atoms with E-state index in [0.29, 0.717) is 6.42 Å². The lowest BCUT2D eigenvalue weighted by Crippen LogP contribution is -2.23. The van der Waals surface area contributed by atoms with Crippen molar-refractivity contribution in [2.75, 3.05) is 0 Å². The molecule has 0 radical (unpaired) electrons.